The number of carbonyl (C=O) groups is 2. The Kier molecular flexibility index (Phi) is 7.16. The van der Waals surface area contributed by atoms with Gasteiger partial charge in [-0.2, -0.15) is 5.10 Å². The SMILES string of the molecule is COc1cccc(CN(Cc2cccc(-n3cccn3)c2)c2ccc(CN3CC(=O)NCC3=O)cc2)c1. The Bertz CT molecular complexity index is 1370. The maximum atomic E-state index is 12.2. The highest BCUT2D eigenvalue weighted by Gasteiger charge is 2.23. The monoisotopic (exact) mass is 495 g/mol. The van der Waals surface area contributed by atoms with Crippen LogP contribution in [0.2, 0.25) is 0 Å². The lowest BCUT2D eigenvalue weighted by atomic mass is 10.1. The molecule has 0 saturated carbocycles. The topological polar surface area (TPSA) is 79.7 Å². The van der Waals surface area contributed by atoms with E-state index >= 15 is 0 Å². The summed E-state index contributed by atoms with van der Waals surface area (Å²) < 4.78 is 7.29. The maximum absolute atomic E-state index is 12.2. The van der Waals surface area contributed by atoms with Gasteiger partial charge in [-0.1, -0.05) is 36.4 Å². The number of ether oxygens (including phenoxy) is 1. The number of methoxy groups -OCH3 is 1. The average Bonchev–Trinajstić information content (AvgIpc) is 3.47. The molecule has 0 radical (unpaired) electrons. The van der Waals surface area contributed by atoms with E-state index in [4.69, 9.17) is 4.74 Å². The van der Waals surface area contributed by atoms with Crippen LogP contribution in [0.1, 0.15) is 16.7 Å². The van der Waals surface area contributed by atoms with E-state index in [9.17, 15) is 9.59 Å². The number of carbonyl (C=O) groups excluding carboxylic acids is 2. The molecular weight excluding hydrogens is 466 g/mol. The summed E-state index contributed by atoms with van der Waals surface area (Å²) in [5.74, 6) is 0.627. The van der Waals surface area contributed by atoms with Crippen molar-refractivity contribution in [3.63, 3.8) is 0 Å². The van der Waals surface area contributed by atoms with Gasteiger partial charge in [0.1, 0.15) is 5.75 Å². The molecule has 1 fully saturated rings. The first-order chi connectivity index (χ1) is 18.1. The van der Waals surface area contributed by atoms with Crippen molar-refractivity contribution >= 4 is 17.5 Å². The van der Waals surface area contributed by atoms with Crippen molar-refractivity contribution in [2.45, 2.75) is 19.6 Å². The third-order valence-electron chi connectivity index (χ3n) is 6.36. The minimum atomic E-state index is -0.127. The fourth-order valence-electron chi connectivity index (χ4n) is 4.45. The van der Waals surface area contributed by atoms with Crippen LogP contribution in [0.5, 0.6) is 5.75 Å². The Balaban J connectivity index is 1.39. The molecule has 8 heteroatoms. The second-order valence-corrected chi connectivity index (χ2v) is 9.02. The van der Waals surface area contributed by atoms with E-state index in [1.807, 2.05) is 53.3 Å². The molecule has 0 bridgehead atoms. The van der Waals surface area contributed by atoms with Gasteiger partial charge in [-0.25, -0.2) is 4.68 Å². The van der Waals surface area contributed by atoms with E-state index in [1.54, 1.807) is 18.2 Å². The third-order valence-corrected chi connectivity index (χ3v) is 6.36. The standard InChI is InChI=1S/C29H29N5O3/c1-37-27-8-3-6-24(16-27)20-32(19-23-5-2-7-26(15-23)34-14-4-13-31-34)25-11-9-22(10-12-25)18-33-21-28(35)30-17-29(33)36/h2-16H,17-21H2,1H3,(H,30,35). The summed E-state index contributed by atoms with van der Waals surface area (Å²) >= 11 is 0. The number of hydrogen-bond donors (Lipinski definition) is 1. The summed E-state index contributed by atoms with van der Waals surface area (Å²) in [7, 11) is 1.67. The molecule has 2 heterocycles. The van der Waals surface area contributed by atoms with Gasteiger partial charge in [-0.05, 0) is 59.2 Å². The number of anilines is 1. The number of aromatic nitrogens is 2. The van der Waals surface area contributed by atoms with Crippen LogP contribution in [0.4, 0.5) is 5.69 Å². The van der Waals surface area contributed by atoms with Gasteiger partial charge in [-0.15, -0.1) is 0 Å². The lowest BCUT2D eigenvalue weighted by Gasteiger charge is -2.28. The molecule has 0 unspecified atom stereocenters. The number of nitrogens with one attached hydrogen (secondary N) is 1. The Morgan fingerprint density at radius 3 is 2.41 bits per heavy atom. The van der Waals surface area contributed by atoms with Gasteiger partial charge in [0.05, 0.1) is 25.9 Å². The molecule has 5 rings (SSSR count). The second kappa shape index (κ2) is 11.0. The lowest BCUT2D eigenvalue weighted by Crippen LogP contribution is -2.50. The van der Waals surface area contributed by atoms with E-state index in [1.165, 1.54) is 0 Å². The number of rotatable bonds is 9. The molecule has 1 aliphatic rings. The molecule has 1 N–H and O–H groups in total. The van der Waals surface area contributed by atoms with Crippen LogP contribution in [0.3, 0.4) is 0 Å². The molecule has 1 saturated heterocycles. The van der Waals surface area contributed by atoms with E-state index in [2.05, 4.69) is 51.7 Å². The molecule has 0 aliphatic carbocycles. The van der Waals surface area contributed by atoms with E-state index < -0.39 is 0 Å². The van der Waals surface area contributed by atoms with Crippen molar-refractivity contribution in [2.75, 3.05) is 25.1 Å². The van der Waals surface area contributed by atoms with E-state index in [-0.39, 0.29) is 24.9 Å². The highest BCUT2D eigenvalue weighted by atomic mass is 16.5. The van der Waals surface area contributed by atoms with Crippen molar-refractivity contribution in [3.8, 4) is 11.4 Å². The van der Waals surface area contributed by atoms with Gasteiger partial charge < -0.3 is 19.9 Å². The summed E-state index contributed by atoms with van der Waals surface area (Å²) in [6, 6.07) is 26.5. The average molecular weight is 496 g/mol. The number of nitrogens with zero attached hydrogens (tertiary/aromatic N) is 4. The molecule has 4 aromatic rings. The number of piperazine rings is 1. The maximum Gasteiger partial charge on any atom is 0.242 e. The van der Waals surface area contributed by atoms with E-state index in [0.717, 1.165) is 33.8 Å². The largest absolute Gasteiger partial charge is 0.497 e. The molecule has 2 amide bonds. The van der Waals surface area contributed by atoms with Gasteiger partial charge >= 0.3 is 0 Å². The van der Waals surface area contributed by atoms with Crippen LogP contribution in [0.15, 0.2) is 91.3 Å². The fourth-order valence-corrected chi connectivity index (χ4v) is 4.45. The van der Waals surface area contributed by atoms with Crippen LogP contribution in [0, 0.1) is 0 Å². The predicted molar refractivity (Wildman–Crippen MR) is 141 cm³/mol. The molecule has 8 nitrogen and oxygen atoms in total. The molecular formula is C29H29N5O3. The zero-order valence-electron chi connectivity index (χ0n) is 20.7. The van der Waals surface area contributed by atoms with Gasteiger partial charge in [0, 0.05) is 37.7 Å². The first-order valence-electron chi connectivity index (χ1n) is 12.2. The quantitative estimate of drug-likeness (QED) is 0.384. The Hall–Kier alpha value is -4.59. The second-order valence-electron chi connectivity index (χ2n) is 9.02. The molecule has 188 valence electrons. The van der Waals surface area contributed by atoms with Crippen LogP contribution >= 0.6 is 0 Å². The minimum absolute atomic E-state index is 0.0584. The zero-order valence-corrected chi connectivity index (χ0v) is 20.7. The van der Waals surface area contributed by atoms with Crippen LogP contribution in [-0.4, -0.2) is 46.7 Å². The summed E-state index contributed by atoms with van der Waals surface area (Å²) in [6.07, 6.45) is 3.70. The summed E-state index contributed by atoms with van der Waals surface area (Å²) in [5.41, 5.74) is 5.34. The molecule has 37 heavy (non-hydrogen) atoms. The number of amides is 2. The molecule has 1 aliphatic heterocycles. The Labute approximate surface area is 216 Å². The molecule has 1 aromatic heterocycles. The molecule has 0 atom stereocenters. The first-order valence-corrected chi connectivity index (χ1v) is 12.2. The smallest absolute Gasteiger partial charge is 0.242 e. The van der Waals surface area contributed by atoms with Crippen molar-refractivity contribution in [1.82, 2.24) is 20.0 Å². The summed E-state index contributed by atoms with van der Waals surface area (Å²) in [4.78, 5) is 27.8. The Morgan fingerprint density at radius 1 is 0.919 bits per heavy atom. The van der Waals surface area contributed by atoms with Crippen molar-refractivity contribution in [3.05, 3.63) is 108 Å². The first kappa shape index (κ1) is 24.1. The minimum Gasteiger partial charge on any atom is -0.497 e. The highest BCUT2D eigenvalue weighted by molar-refractivity contribution is 5.92. The number of hydrogen-bond acceptors (Lipinski definition) is 5. The molecule has 0 spiro atoms. The fraction of sp³-hybridized carbons (Fsp3) is 0.207. The summed E-state index contributed by atoms with van der Waals surface area (Å²) in [6.45, 7) is 1.94. The van der Waals surface area contributed by atoms with Gasteiger partial charge in [0.2, 0.25) is 11.8 Å². The third kappa shape index (κ3) is 5.98. The highest BCUT2D eigenvalue weighted by Crippen LogP contribution is 2.24. The van der Waals surface area contributed by atoms with Crippen LogP contribution < -0.4 is 15.0 Å². The van der Waals surface area contributed by atoms with Crippen LogP contribution in [-0.2, 0) is 29.2 Å². The van der Waals surface area contributed by atoms with Crippen LogP contribution in [0.25, 0.3) is 5.69 Å². The zero-order chi connectivity index (χ0) is 25.6. The molecule has 3 aromatic carbocycles. The summed E-state index contributed by atoms with van der Waals surface area (Å²) in [5, 5.41) is 6.94. The lowest BCUT2D eigenvalue weighted by molar-refractivity contribution is -0.141. The van der Waals surface area contributed by atoms with E-state index in [0.29, 0.717) is 19.6 Å². The predicted octanol–water partition coefficient (Wildman–Crippen LogP) is 3.55. The van der Waals surface area contributed by atoms with Gasteiger partial charge in [0.15, 0.2) is 0 Å². The number of benzene rings is 3. The normalized spacial score (nSPS) is 13.4. The van der Waals surface area contributed by atoms with Gasteiger partial charge in [0.25, 0.3) is 0 Å². The van der Waals surface area contributed by atoms with Gasteiger partial charge in [-0.3, -0.25) is 9.59 Å². The van der Waals surface area contributed by atoms with Crippen molar-refractivity contribution in [2.24, 2.45) is 0 Å². The Morgan fingerprint density at radius 2 is 1.68 bits per heavy atom. The van der Waals surface area contributed by atoms with Crippen molar-refractivity contribution in [1.29, 1.82) is 0 Å². The van der Waals surface area contributed by atoms with Crippen molar-refractivity contribution < 1.29 is 14.3 Å².